The van der Waals surface area contributed by atoms with Crippen molar-refractivity contribution in [3.8, 4) is 0 Å². The summed E-state index contributed by atoms with van der Waals surface area (Å²) >= 11 is 0. The standard InChI is InChI=1S/C20H36N3O3/c1-8-12-21-19(25)17(14(4)5)23-20(26)18(15(6)7)22-16(24)11-9-10-13(2)3/h9,11-15,17-18H,8,10H2,1-7H3,(H,21,25)(H,22,24)(H,23,26)/t17-,18-/m0/s1. The molecule has 0 bridgehead atoms. The van der Waals surface area contributed by atoms with Crippen molar-refractivity contribution in [1.82, 2.24) is 16.0 Å². The second-order valence-electron chi connectivity index (χ2n) is 7.61. The second-order valence-corrected chi connectivity index (χ2v) is 7.61. The zero-order valence-electron chi connectivity index (χ0n) is 17.3. The van der Waals surface area contributed by atoms with Gasteiger partial charge in [-0.15, -0.1) is 0 Å². The molecule has 0 aliphatic carbocycles. The maximum Gasteiger partial charge on any atom is 0.243 e. The van der Waals surface area contributed by atoms with Crippen molar-refractivity contribution in [2.75, 3.05) is 0 Å². The van der Waals surface area contributed by atoms with E-state index < -0.39 is 12.1 Å². The van der Waals surface area contributed by atoms with Gasteiger partial charge in [0.1, 0.15) is 12.1 Å². The zero-order chi connectivity index (χ0) is 20.3. The highest BCUT2D eigenvalue weighted by atomic mass is 16.2. The minimum absolute atomic E-state index is 0.0707. The lowest BCUT2D eigenvalue weighted by Crippen LogP contribution is -2.56. The second kappa shape index (κ2) is 12.7. The molecule has 0 aromatic rings. The van der Waals surface area contributed by atoms with Crippen molar-refractivity contribution in [1.29, 1.82) is 0 Å². The number of carbonyl (C=O) groups excluding carboxylic acids is 3. The van der Waals surface area contributed by atoms with Crippen LogP contribution in [0.5, 0.6) is 0 Å². The third-order valence-corrected chi connectivity index (χ3v) is 3.82. The molecule has 149 valence electrons. The molecule has 0 saturated carbocycles. The Morgan fingerprint density at radius 2 is 1.38 bits per heavy atom. The number of carbonyl (C=O) groups is 3. The highest BCUT2D eigenvalue weighted by Crippen LogP contribution is 2.08. The van der Waals surface area contributed by atoms with Crippen LogP contribution >= 0.6 is 0 Å². The first-order valence-corrected chi connectivity index (χ1v) is 9.49. The zero-order valence-corrected chi connectivity index (χ0v) is 17.3. The SMILES string of the molecule is CC[CH]NC(=O)[C@@H](NC(=O)[C@@H](NC(=O)[CH][CH]CC(C)C)C(C)C)C(C)C. The molecule has 0 fully saturated rings. The van der Waals surface area contributed by atoms with E-state index in [2.05, 4.69) is 29.8 Å². The molecule has 0 unspecified atom stereocenters. The first-order chi connectivity index (χ1) is 12.1. The van der Waals surface area contributed by atoms with Gasteiger partial charge in [-0.05, 0) is 37.0 Å². The lowest BCUT2D eigenvalue weighted by Gasteiger charge is -2.27. The average molecular weight is 367 g/mol. The summed E-state index contributed by atoms with van der Waals surface area (Å²) in [4.78, 5) is 37.0. The monoisotopic (exact) mass is 366 g/mol. The molecule has 0 aromatic carbocycles. The molecule has 0 aromatic heterocycles. The molecular weight excluding hydrogens is 330 g/mol. The first kappa shape index (κ1) is 24.4. The van der Waals surface area contributed by atoms with Crippen LogP contribution in [-0.2, 0) is 14.4 Å². The van der Waals surface area contributed by atoms with Crippen molar-refractivity contribution >= 4 is 17.7 Å². The van der Waals surface area contributed by atoms with Gasteiger partial charge >= 0.3 is 0 Å². The highest BCUT2D eigenvalue weighted by Gasteiger charge is 2.30. The van der Waals surface area contributed by atoms with Crippen LogP contribution in [0.15, 0.2) is 0 Å². The van der Waals surface area contributed by atoms with Crippen LogP contribution in [0, 0.1) is 37.1 Å². The van der Waals surface area contributed by atoms with E-state index >= 15 is 0 Å². The van der Waals surface area contributed by atoms with E-state index in [1.165, 1.54) is 6.42 Å². The van der Waals surface area contributed by atoms with Gasteiger partial charge in [0, 0.05) is 6.54 Å². The Labute approximate surface area is 159 Å². The molecule has 0 heterocycles. The van der Waals surface area contributed by atoms with Crippen LogP contribution in [-0.4, -0.2) is 29.8 Å². The van der Waals surface area contributed by atoms with Gasteiger partial charge in [-0.1, -0.05) is 48.5 Å². The molecule has 6 heteroatoms. The van der Waals surface area contributed by atoms with Crippen molar-refractivity contribution in [3.05, 3.63) is 19.4 Å². The van der Waals surface area contributed by atoms with Crippen LogP contribution in [0.2, 0.25) is 0 Å². The maximum atomic E-state index is 12.7. The van der Waals surface area contributed by atoms with Crippen molar-refractivity contribution in [2.24, 2.45) is 17.8 Å². The summed E-state index contributed by atoms with van der Waals surface area (Å²) in [5.41, 5.74) is 0. The fourth-order valence-corrected chi connectivity index (χ4v) is 2.25. The Morgan fingerprint density at radius 3 is 1.85 bits per heavy atom. The van der Waals surface area contributed by atoms with Crippen LogP contribution in [0.25, 0.3) is 0 Å². The topological polar surface area (TPSA) is 87.3 Å². The fraction of sp³-hybridized carbons (Fsp3) is 0.700. The number of amides is 3. The Morgan fingerprint density at radius 1 is 0.846 bits per heavy atom. The minimum atomic E-state index is -0.699. The summed E-state index contributed by atoms with van der Waals surface area (Å²) in [6.45, 7) is 15.2. The Bertz CT molecular complexity index is 448. The Kier molecular flexibility index (Phi) is 11.9. The highest BCUT2D eigenvalue weighted by molar-refractivity contribution is 5.94. The van der Waals surface area contributed by atoms with Gasteiger partial charge in [-0.25, -0.2) is 0 Å². The summed E-state index contributed by atoms with van der Waals surface area (Å²) in [5.74, 6) is -0.608. The summed E-state index contributed by atoms with van der Waals surface area (Å²) in [6.07, 6.45) is 4.78. The molecule has 3 radical (unpaired) electrons. The van der Waals surface area contributed by atoms with Crippen molar-refractivity contribution in [2.45, 2.75) is 73.4 Å². The molecule has 0 saturated heterocycles. The van der Waals surface area contributed by atoms with Gasteiger partial charge in [-0.2, -0.15) is 0 Å². The summed E-state index contributed by atoms with van der Waals surface area (Å²) < 4.78 is 0. The maximum absolute atomic E-state index is 12.7. The van der Waals surface area contributed by atoms with E-state index in [-0.39, 0.29) is 29.6 Å². The molecular formula is C20H36N3O3. The number of hydrogen-bond donors (Lipinski definition) is 3. The summed E-state index contributed by atoms with van der Waals surface area (Å²) in [6, 6.07) is -1.35. The quantitative estimate of drug-likeness (QED) is 0.496. The molecule has 0 aliphatic rings. The summed E-state index contributed by atoms with van der Waals surface area (Å²) in [7, 11) is 0. The molecule has 26 heavy (non-hydrogen) atoms. The largest absolute Gasteiger partial charge is 0.350 e. The van der Waals surface area contributed by atoms with E-state index in [0.717, 1.165) is 6.42 Å². The molecule has 0 rings (SSSR count). The van der Waals surface area contributed by atoms with Crippen LogP contribution in [0.1, 0.15) is 61.3 Å². The number of rotatable bonds is 12. The Balaban J connectivity index is 4.82. The van der Waals surface area contributed by atoms with Gasteiger partial charge in [0.15, 0.2) is 0 Å². The normalized spacial score (nSPS) is 13.6. The van der Waals surface area contributed by atoms with Crippen LogP contribution in [0.3, 0.4) is 0 Å². The van der Waals surface area contributed by atoms with E-state index in [1.54, 1.807) is 13.0 Å². The lowest BCUT2D eigenvalue weighted by molar-refractivity contribution is -0.132. The van der Waals surface area contributed by atoms with E-state index in [1.807, 2.05) is 34.6 Å². The molecule has 3 amide bonds. The minimum Gasteiger partial charge on any atom is -0.350 e. The third-order valence-electron chi connectivity index (χ3n) is 3.82. The van der Waals surface area contributed by atoms with Gasteiger partial charge in [0.25, 0.3) is 0 Å². The van der Waals surface area contributed by atoms with Gasteiger partial charge in [0.05, 0.1) is 6.42 Å². The molecule has 0 spiro atoms. The van der Waals surface area contributed by atoms with E-state index in [4.69, 9.17) is 0 Å². The average Bonchev–Trinajstić information content (AvgIpc) is 2.54. The Hall–Kier alpha value is -1.59. The van der Waals surface area contributed by atoms with Gasteiger partial charge in [-0.3, -0.25) is 14.4 Å². The first-order valence-electron chi connectivity index (χ1n) is 9.49. The predicted molar refractivity (Wildman–Crippen MR) is 104 cm³/mol. The molecule has 6 nitrogen and oxygen atoms in total. The van der Waals surface area contributed by atoms with Crippen LogP contribution in [0.4, 0.5) is 0 Å². The number of nitrogens with one attached hydrogen (secondary N) is 3. The smallest absolute Gasteiger partial charge is 0.243 e. The van der Waals surface area contributed by atoms with Crippen molar-refractivity contribution in [3.63, 3.8) is 0 Å². The molecule has 2 atom stereocenters. The van der Waals surface area contributed by atoms with Gasteiger partial charge < -0.3 is 16.0 Å². The van der Waals surface area contributed by atoms with E-state index in [9.17, 15) is 14.4 Å². The lowest BCUT2D eigenvalue weighted by atomic mass is 9.99. The van der Waals surface area contributed by atoms with Crippen LogP contribution < -0.4 is 16.0 Å². The number of hydrogen-bond acceptors (Lipinski definition) is 3. The molecule has 0 aliphatic heterocycles. The summed E-state index contributed by atoms with van der Waals surface area (Å²) in [5, 5.41) is 8.20. The predicted octanol–water partition coefficient (Wildman–Crippen LogP) is 2.41. The van der Waals surface area contributed by atoms with E-state index in [0.29, 0.717) is 12.3 Å². The van der Waals surface area contributed by atoms with Crippen molar-refractivity contribution < 1.29 is 14.4 Å². The van der Waals surface area contributed by atoms with Gasteiger partial charge in [0.2, 0.25) is 17.7 Å². The third kappa shape index (κ3) is 9.78. The molecule has 3 N–H and O–H groups in total. The fourth-order valence-electron chi connectivity index (χ4n) is 2.25.